The Balaban J connectivity index is 1.89. The molecule has 0 saturated heterocycles. The van der Waals surface area contributed by atoms with E-state index >= 15 is 0 Å². The van der Waals surface area contributed by atoms with Gasteiger partial charge in [-0.1, -0.05) is 60.3 Å². The van der Waals surface area contributed by atoms with E-state index < -0.39 is 0 Å². The van der Waals surface area contributed by atoms with Crippen molar-refractivity contribution in [2.45, 2.75) is 23.4 Å². The number of hydrogen-bond acceptors (Lipinski definition) is 4. The van der Waals surface area contributed by atoms with Crippen molar-refractivity contribution < 1.29 is 0 Å². The summed E-state index contributed by atoms with van der Waals surface area (Å²) < 4.78 is 2.19. The predicted molar refractivity (Wildman–Crippen MR) is 97.0 cm³/mol. The van der Waals surface area contributed by atoms with Crippen LogP contribution < -0.4 is 0 Å². The maximum atomic E-state index is 4.75. The number of benzene rings is 2. The summed E-state index contributed by atoms with van der Waals surface area (Å²) in [7, 11) is 0. The first-order valence-corrected chi connectivity index (χ1v) is 8.68. The second-order valence-corrected chi connectivity index (χ2v) is 6.37. The fraction of sp³-hybridized carbons (Fsp3) is 0.105. The van der Waals surface area contributed by atoms with Gasteiger partial charge in [0.15, 0.2) is 5.65 Å². The van der Waals surface area contributed by atoms with E-state index in [1.54, 1.807) is 18.1 Å². The Bertz CT molecular complexity index is 965. The van der Waals surface area contributed by atoms with Crippen LogP contribution in [0.25, 0.3) is 22.6 Å². The minimum atomic E-state index is 0.740. The topological polar surface area (TPSA) is 43.6 Å². The molecule has 2 aromatic carbocycles. The molecule has 4 rings (SSSR count). The molecule has 0 bridgehead atoms. The Labute approximate surface area is 144 Å². The monoisotopic (exact) mass is 332 g/mol. The number of imidazole rings is 1. The highest BCUT2D eigenvalue weighted by molar-refractivity contribution is 7.99. The minimum absolute atomic E-state index is 0.740. The molecule has 0 saturated carbocycles. The molecule has 0 fully saturated rings. The lowest BCUT2D eigenvalue weighted by atomic mass is 10.2. The van der Waals surface area contributed by atoms with E-state index in [1.807, 2.05) is 36.4 Å². The Morgan fingerprint density at radius 3 is 2.33 bits per heavy atom. The fourth-order valence-electron chi connectivity index (χ4n) is 2.73. The van der Waals surface area contributed by atoms with Crippen molar-refractivity contribution in [2.24, 2.45) is 0 Å². The minimum Gasteiger partial charge on any atom is -0.321 e. The van der Waals surface area contributed by atoms with Crippen molar-refractivity contribution in [3.8, 4) is 11.4 Å². The molecular formula is C19H16N4S. The van der Waals surface area contributed by atoms with Crippen LogP contribution in [0, 0.1) is 0 Å². The zero-order valence-corrected chi connectivity index (χ0v) is 14.1. The van der Waals surface area contributed by atoms with Crippen LogP contribution in [-0.4, -0.2) is 19.5 Å². The second kappa shape index (κ2) is 6.45. The smallest absolute Gasteiger partial charge is 0.182 e. The zero-order valence-electron chi connectivity index (χ0n) is 13.3. The van der Waals surface area contributed by atoms with Gasteiger partial charge in [-0.05, 0) is 19.1 Å². The number of nitrogens with zero attached hydrogens (tertiary/aromatic N) is 4. The van der Waals surface area contributed by atoms with E-state index in [0.717, 1.165) is 39.0 Å². The van der Waals surface area contributed by atoms with Crippen LogP contribution in [0.5, 0.6) is 0 Å². The molecule has 2 aromatic heterocycles. The van der Waals surface area contributed by atoms with Gasteiger partial charge in [-0.25, -0.2) is 15.0 Å². The summed E-state index contributed by atoms with van der Waals surface area (Å²) in [4.78, 5) is 14.8. The number of fused-ring (bicyclic) bond motifs is 1. The summed E-state index contributed by atoms with van der Waals surface area (Å²) in [6.45, 7) is 2.94. The second-order valence-electron chi connectivity index (χ2n) is 5.31. The molecule has 0 atom stereocenters. The molecule has 0 aliphatic rings. The van der Waals surface area contributed by atoms with Crippen LogP contribution in [0.2, 0.25) is 0 Å². The quantitative estimate of drug-likeness (QED) is 0.510. The van der Waals surface area contributed by atoms with Crippen LogP contribution in [0.1, 0.15) is 6.92 Å². The van der Waals surface area contributed by atoms with Crippen molar-refractivity contribution in [3.05, 3.63) is 67.0 Å². The van der Waals surface area contributed by atoms with Crippen molar-refractivity contribution >= 4 is 22.9 Å². The SMILES string of the molecule is CCn1c(-c2ccccc2)nc2ncnc(Sc3ccccc3)c21. The van der Waals surface area contributed by atoms with Gasteiger partial charge in [0.05, 0.1) is 0 Å². The molecule has 0 N–H and O–H groups in total. The van der Waals surface area contributed by atoms with E-state index in [0.29, 0.717) is 0 Å². The standard InChI is InChI=1S/C19H16N4S/c1-2-23-16-17(22-18(23)14-9-5-3-6-10-14)20-13-21-19(16)24-15-11-7-4-8-12-15/h3-13H,2H2,1H3. The molecule has 0 spiro atoms. The summed E-state index contributed by atoms with van der Waals surface area (Å²) in [6, 6.07) is 20.5. The lowest BCUT2D eigenvalue weighted by Crippen LogP contribution is -1.99. The highest BCUT2D eigenvalue weighted by Gasteiger charge is 2.17. The van der Waals surface area contributed by atoms with Crippen LogP contribution in [-0.2, 0) is 6.54 Å². The Morgan fingerprint density at radius 2 is 1.62 bits per heavy atom. The largest absolute Gasteiger partial charge is 0.321 e. The summed E-state index contributed by atoms with van der Waals surface area (Å²) in [5.74, 6) is 0.934. The molecule has 4 nitrogen and oxygen atoms in total. The van der Waals surface area contributed by atoms with Gasteiger partial charge in [-0.2, -0.15) is 0 Å². The van der Waals surface area contributed by atoms with Gasteiger partial charge in [0.1, 0.15) is 22.7 Å². The third kappa shape index (κ3) is 2.67. The fourth-order valence-corrected chi connectivity index (χ4v) is 3.64. The Hall–Kier alpha value is -2.66. The van der Waals surface area contributed by atoms with Crippen molar-refractivity contribution in [1.29, 1.82) is 0 Å². The average molecular weight is 332 g/mol. The highest BCUT2D eigenvalue weighted by Crippen LogP contribution is 2.33. The highest BCUT2D eigenvalue weighted by atomic mass is 32.2. The molecule has 118 valence electrons. The number of aromatic nitrogens is 4. The van der Waals surface area contributed by atoms with E-state index in [2.05, 4.69) is 45.7 Å². The maximum Gasteiger partial charge on any atom is 0.182 e. The van der Waals surface area contributed by atoms with Crippen molar-refractivity contribution in [3.63, 3.8) is 0 Å². The average Bonchev–Trinajstić information content (AvgIpc) is 3.03. The van der Waals surface area contributed by atoms with E-state index in [-0.39, 0.29) is 0 Å². The molecule has 24 heavy (non-hydrogen) atoms. The lowest BCUT2D eigenvalue weighted by molar-refractivity contribution is 0.786. The first-order chi connectivity index (χ1) is 11.9. The van der Waals surface area contributed by atoms with Gasteiger partial charge in [0.25, 0.3) is 0 Å². The normalized spacial score (nSPS) is 11.0. The summed E-state index contributed by atoms with van der Waals surface area (Å²) in [5, 5.41) is 0.933. The molecule has 0 radical (unpaired) electrons. The zero-order chi connectivity index (χ0) is 16.4. The summed E-state index contributed by atoms with van der Waals surface area (Å²) in [5.41, 5.74) is 2.82. The van der Waals surface area contributed by atoms with Crippen LogP contribution in [0.3, 0.4) is 0 Å². The van der Waals surface area contributed by atoms with Gasteiger partial charge in [0.2, 0.25) is 0 Å². The van der Waals surface area contributed by atoms with Gasteiger partial charge in [-0.3, -0.25) is 0 Å². The number of aryl methyl sites for hydroxylation is 1. The van der Waals surface area contributed by atoms with Crippen LogP contribution in [0.15, 0.2) is 76.9 Å². The molecular weight excluding hydrogens is 316 g/mol. The number of rotatable bonds is 4. The van der Waals surface area contributed by atoms with E-state index in [9.17, 15) is 0 Å². The summed E-state index contributed by atoms with van der Waals surface area (Å²) >= 11 is 1.64. The molecule has 5 heteroatoms. The van der Waals surface area contributed by atoms with Gasteiger partial charge < -0.3 is 4.57 Å². The maximum absolute atomic E-state index is 4.75. The molecule has 0 aliphatic carbocycles. The van der Waals surface area contributed by atoms with Gasteiger partial charge >= 0.3 is 0 Å². The van der Waals surface area contributed by atoms with Crippen molar-refractivity contribution in [1.82, 2.24) is 19.5 Å². The van der Waals surface area contributed by atoms with Crippen LogP contribution >= 0.6 is 11.8 Å². The lowest BCUT2D eigenvalue weighted by Gasteiger charge is -2.08. The molecule has 0 unspecified atom stereocenters. The van der Waals surface area contributed by atoms with Crippen LogP contribution in [0.4, 0.5) is 0 Å². The Morgan fingerprint density at radius 1 is 0.917 bits per heavy atom. The number of hydrogen-bond donors (Lipinski definition) is 0. The molecule has 4 aromatic rings. The van der Waals surface area contributed by atoms with E-state index in [4.69, 9.17) is 4.98 Å². The third-order valence-electron chi connectivity index (χ3n) is 3.81. The van der Waals surface area contributed by atoms with Gasteiger partial charge in [0, 0.05) is 17.0 Å². The van der Waals surface area contributed by atoms with Crippen molar-refractivity contribution in [2.75, 3.05) is 0 Å². The Kier molecular flexibility index (Phi) is 4.01. The van der Waals surface area contributed by atoms with Gasteiger partial charge in [-0.15, -0.1) is 0 Å². The first kappa shape index (κ1) is 14.9. The molecule has 2 heterocycles. The summed E-state index contributed by atoms with van der Waals surface area (Å²) in [6.07, 6.45) is 1.59. The molecule has 0 amide bonds. The molecule has 0 aliphatic heterocycles. The first-order valence-electron chi connectivity index (χ1n) is 7.86. The predicted octanol–water partition coefficient (Wildman–Crippen LogP) is 4.66. The van der Waals surface area contributed by atoms with E-state index in [1.165, 1.54) is 0 Å². The third-order valence-corrected chi connectivity index (χ3v) is 4.81.